The van der Waals surface area contributed by atoms with Crippen molar-refractivity contribution in [3.8, 4) is 11.3 Å². The maximum atomic E-state index is 12.0. The van der Waals surface area contributed by atoms with Gasteiger partial charge in [0.1, 0.15) is 0 Å². The van der Waals surface area contributed by atoms with Gasteiger partial charge in [0.2, 0.25) is 5.91 Å². The van der Waals surface area contributed by atoms with Crippen molar-refractivity contribution in [2.75, 3.05) is 26.8 Å². The summed E-state index contributed by atoms with van der Waals surface area (Å²) >= 11 is 1.74. The molecule has 0 aliphatic carbocycles. The number of rotatable bonds is 6. The van der Waals surface area contributed by atoms with E-state index in [2.05, 4.69) is 36.2 Å². The molecule has 4 nitrogen and oxygen atoms in total. The summed E-state index contributed by atoms with van der Waals surface area (Å²) in [5.74, 6) is 0.658. The molecule has 0 saturated carbocycles. The van der Waals surface area contributed by atoms with Gasteiger partial charge in [-0.2, -0.15) is 0 Å². The van der Waals surface area contributed by atoms with E-state index < -0.39 is 0 Å². The van der Waals surface area contributed by atoms with Gasteiger partial charge in [0.05, 0.1) is 17.3 Å². The molecule has 128 valence electrons. The Morgan fingerprint density at radius 2 is 2.04 bits per heavy atom. The van der Waals surface area contributed by atoms with Crippen LogP contribution in [0, 0.1) is 19.8 Å². The third-order valence-corrected chi connectivity index (χ3v) is 5.40. The van der Waals surface area contributed by atoms with Crippen LogP contribution in [0.25, 0.3) is 11.3 Å². The summed E-state index contributed by atoms with van der Waals surface area (Å²) in [4.78, 5) is 19.8. The van der Waals surface area contributed by atoms with Gasteiger partial charge in [-0.15, -0.1) is 11.3 Å². The van der Waals surface area contributed by atoms with Crippen LogP contribution in [0.5, 0.6) is 0 Å². The summed E-state index contributed by atoms with van der Waals surface area (Å²) in [6, 6.07) is 8.64. The van der Waals surface area contributed by atoms with Gasteiger partial charge in [-0.25, -0.2) is 4.98 Å². The monoisotopic (exact) mass is 344 g/mol. The summed E-state index contributed by atoms with van der Waals surface area (Å²) in [7, 11) is 1.67. The van der Waals surface area contributed by atoms with Crippen LogP contribution in [-0.2, 0) is 16.0 Å². The van der Waals surface area contributed by atoms with Crippen LogP contribution in [0.1, 0.15) is 21.9 Å². The van der Waals surface area contributed by atoms with Crippen molar-refractivity contribution in [1.29, 1.82) is 0 Å². The van der Waals surface area contributed by atoms with Crippen molar-refractivity contribution in [1.82, 2.24) is 9.88 Å². The molecule has 0 N–H and O–H groups in total. The maximum absolute atomic E-state index is 12.0. The summed E-state index contributed by atoms with van der Waals surface area (Å²) < 4.78 is 5.07. The molecular formula is C19H24N2O2S. The first-order valence-electron chi connectivity index (χ1n) is 8.37. The van der Waals surface area contributed by atoms with Crippen LogP contribution in [-0.4, -0.2) is 42.6 Å². The molecule has 1 aliphatic heterocycles. The number of aromatic nitrogens is 1. The highest BCUT2D eigenvalue weighted by molar-refractivity contribution is 7.11. The van der Waals surface area contributed by atoms with E-state index in [9.17, 15) is 4.79 Å². The molecule has 1 saturated heterocycles. The average Bonchev–Trinajstić information content (AvgIpc) is 3.07. The molecule has 1 aromatic carbocycles. The highest BCUT2D eigenvalue weighted by Gasteiger charge is 2.29. The van der Waals surface area contributed by atoms with Crippen molar-refractivity contribution in [3.05, 3.63) is 39.7 Å². The quantitative estimate of drug-likeness (QED) is 0.806. The number of benzene rings is 1. The number of likely N-dealkylation sites (tertiary alicyclic amines) is 1. The van der Waals surface area contributed by atoms with Gasteiger partial charge in [0.15, 0.2) is 0 Å². The SMILES string of the molecule is COCCN1CC(Cc2ccc(-c3nc(C)sc3C)cc2)CC1=O. The highest BCUT2D eigenvalue weighted by Crippen LogP contribution is 2.28. The van der Waals surface area contributed by atoms with E-state index in [0.29, 0.717) is 25.5 Å². The Kier molecular flexibility index (Phi) is 5.31. The van der Waals surface area contributed by atoms with Crippen LogP contribution in [0.3, 0.4) is 0 Å². The smallest absolute Gasteiger partial charge is 0.223 e. The van der Waals surface area contributed by atoms with E-state index in [0.717, 1.165) is 23.7 Å². The first kappa shape index (κ1) is 17.1. The van der Waals surface area contributed by atoms with Crippen LogP contribution >= 0.6 is 11.3 Å². The zero-order valence-corrected chi connectivity index (χ0v) is 15.4. The first-order valence-corrected chi connectivity index (χ1v) is 9.18. The van der Waals surface area contributed by atoms with E-state index in [-0.39, 0.29) is 5.91 Å². The van der Waals surface area contributed by atoms with Crippen molar-refractivity contribution in [3.63, 3.8) is 0 Å². The van der Waals surface area contributed by atoms with Gasteiger partial charge < -0.3 is 9.64 Å². The maximum Gasteiger partial charge on any atom is 0.223 e. The minimum absolute atomic E-state index is 0.252. The summed E-state index contributed by atoms with van der Waals surface area (Å²) in [6.07, 6.45) is 1.60. The van der Waals surface area contributed by atoms with E-state index in [1.54, 1.807) is 18.4 Å². The highest BCUT2D eigenvalue weighted by atomic mass is 32.1. The lowest BCUT2D eigenvalue weighted by molar-refractivity contribution is -0.128. The van der Waals surface area contributed by atoms with E-state index >= 15 is 0 Å². The minimum Gasteiger partial charge on any atom is -0.383 e. The van der Waals surface area contributed by atoms with Crippen LogP contribution in [0.15, 0.2) is 24.3 Å². The third kappa shape index (κ3) is 3.84. The number of amides is 1. The number of ether oxygens (including phenoxy) is 1. The van der Waals surface area contributed by atoms with Gasteiger partial charge >= 0.3 is 0 Å². The fourth-order valence-corrected chi connectivity index (χ4v) is 4.18. The second-order valence-electron chi connectivity index (χ2n) is 6.44. The molecule has 1 fully saturated rings. The molecule has 1 atom stereocenters. The molecule has 0 spiro atoms. The summed E-state index contributed by atoms with van der Waals surface area (Å²) in [6.45, 7) is 6.32. The van der Waals surface area contributed by atoms with E-state index in [4.69, 9.17) is 4.74 Å². The Morgan fingerprint density at radius 1 is 1.29 bits per heavy atom. The Hall–Kier alpha value is -1.72. The van der Waals surface area contributed by atoms with Crippen molar-refractivity contribution >= 4 is 17.2 Å². The lowest BCUT2D eigenvalue weighted by atomic mass is 9.97. The molecule has 3 rings (SSSR count). The van der Waals surface area contributed by atoms with Gasteiger partial charge in [0, 0.05) is 37.1 Å². The van der Waals surface area contributed by atoms with Gasteiger partial charge in [-0.3, -0.25) is 4.79 Å². The standard InChI is InChI=1S/C19H24N2O2S/c1-13-19(20-14(2)24-13)17-6-4-15(5-7-17)10-16-11-18(22)21(12-16)8-9-23-3/h4-7,16H,8-12H2,1-3H3. The molecule has 2 aromatic rings. The van der Waals surface area contributed by atoms with Crippen molar-refractivity contribution < 1.29 is 9.53 Å². The summed E-state index contributed by atoms with van der Waals surface area (Å²) in [5, 5.41) is 1.10. The number of hydrogen-bond acceptors (Lipinski definition) is 4. The Labute approximate surface area is 147 Å². The predicted octanol–water partition coefficient (Wildman–Crippen LogP) is 3.46. The first-order chi connectivity index (χ1) is 11.6. The number of methoxy groups -OCH3 is 1. The average molecular weight is 344 g/mol. The fraction of sp³-hybridized carbons (Fsp3) is 0.474. The van der Waals surface area contributed by atoms with E-state index in [1.807, 2.05) is 11.8 Å². The van der Waals surface area contributed by atoms with Crippen molar-refractivity contribution in [2.24, 2.45) is 5.92 Å². The second kappa shape index (κ2) is 7.45. The Balaban J connectivity index is 1.63. The molecule has 24 heavy (non-hydrogen) atoms. The Morgan fingerprint density at radius 3 is 2.67 bits per heavy atom. The van der Waals surface area contributed by atoms with Crippen LogP contribution in [0.4, 0.5) is 0 Å². The zero-order valence-electron chi connectivity index (χ0n) is 14.5. The van der Waals surface area contributed by atoms with Crippen LogP contribution in [0.2, 0.25) is 0 Å². The van der Waals surface area contributed by atoms with Crippen LogP contribution < -0.4 is 0 Å². The number of hydrogen-bond donors (Lipinski definition) is 0. The molecule has 1 aromatic heterocycles. The second-order valence-corrected chi connectivity index (χ2v) is 7.85. The van der Waals surface area contributed by atoms with E-state index in [1.165, 1.54) is 16.0 Å². The number of nitrogens with zero attached hydrogens (tertiary/aromatic N) is 2. The molecule has 0 bridgehead atoms. The van der Waals surface area contributed by atoms with Gasteiger partial charge in [0.25, 0.3) is 0 Å². The van der Waals surface area contributed by atoms with Gasteiger partial charge in [-0.05, 0) is 31.7 Å². The normalized spacial score (nSPS) is 17.7. The number of carbonyl (C=O) groups excluding carboxylic acids is 1. The topological polar surface area (TPSA) is 42.4 Å². The molecule has 0 radical (unpaired) electrons. The number of thiazole rings is 1. The number of aryl methyl sites for hydroxylation is 2. The molecular weight excluding hydrogens is 320 g/mol. The molecule has 1 amide bonds. The molecule has 1 aliphatic rings. The predicted molar refractivity (Wildman–Crippen MR) is 97.3 cm³/mol. The minimum atomic E-state index is 0.252. The molecule has 5 heteroatoms. The van der Waals surface area contributed by atoms with Crippen molar-refractivity contribution in [2.45, 2.75) is 26.7 Å². The van der Waals surface area contributed by atoms with Gasteiger partial charge in [-0.1, -0.05) is 24.3 Å². The third-order valence-electron chi connectivity index (χ3n) is 4.52. The molecule has 2 heterocycles. The lowest BCUT2D eigenvalue weighted by Gasteiger charge is -2.16. The number of carbonyl (C=O) groups is 1. The fourth-order valence-electron chi connectivity index (χ4n) is 3.34. The Bertz CT molecular complexity index is 709. The zero-order chi connectivity index (χ0) is 17.1. The molecule has 1 unspecified atom stereocenters. The summed E-state index contributed by atoms with van der Waals surface area (Å²) in [5.41, 5.74) is 3.55. The largest absolute Gasteiger partial charge is 0.383 e. The lowest BCUT2D eigenvalue weighted by Crippen LogP contribution is -2.28.